The first-order valence-electron chi connectivity index (χ1n) is 8.40. The van der Waals surface area contributed by atoms with Gasteiger partial charge in [0.2, 0.25) is 11.8 Å². The maximum atomic E-state index is 13.1. The van der Waals surface area contributed by atoms with Crippen LogP contribution in [0.2, 0.25) is 0 Å². The van der Waals surface area contributed by atoms with Crippen LogP contribution in [0.25, 0.3) is 0 Å². The zero-order valence-electron chi connectivity index (χ0n) is 14.8. The van der Waals surface area contributed by atoms with Crippen molar-refractivity contribution < 1.29 is 14.0 Å². The summed E-state index contributed by atoms with van der Waals surface area (Å²) in [6, 6.07) is 11.5. The minimum atomic E-state index is -0.388. The van der Waals surface area contributed by atoms with Crippen LogP contribution in [0.1, 0.15) is 31.9 Å². The lowest BCUT2D eigenvalue weighted by atomic mass is 10.0. The van der Waals surface area contributed by atoms with Crippen molar-refractivity contribution in [2.45, 2.75) is 33.6 Å². The van der Waals surface area contributed by atoms with Crippen LogP contribution in [-0.2, 0) is 22.4 Å². The molecule has 1 N–H and O–H groups in total. The van der Waals surface area contributed by atoms with E-state index in [1.54, 1.807) is 0 Å². The van der Waals surface area contributed by atoms with Crippen molar-refractivity contribution in [2.24, 2.45) is 0 Å². The molecule has 0 aliphatic carbocycles. The third-order valence-corrected chi connectivity index (χ3v) is 4.08. The van der Waals surface area contributed by atoms with Gasteiger partial charge < -0.3 is 10.2 Å². The molecule has 0 heterocycles. The topological polar surface area (TPSA) is 49.4 Å². The predicted octanol–water partition coefficient (Wildman–Crippen LogP) is 3.94. The van der Waals surface area contributed by atoms with Gasteiger partial charge >= 0.3 is 0 Å². The Kier molecular flexibility index (Phi) is 6.28. The SMILES string of the molecule is CCc1cccc(CC)c1NC(=O)CN(C(C)=O)c1ccc(F)cc1. The number of nitrogens with one attached hydrogen (secondary N) is 1. The lowest BCUT2D eigenvalue weighted by Gasteiger charge is -2.22. The summed E-state index contributed by atoms with van der Waals surface area (Å²) in [6.07, 6.45) is 1.61. The number of carbonyl (C=O) groups is 2. The van der Waals surface area contributed by atoms with Crippen LogP contribution in [-0.4, -0.2) is 18.4 Å². The third kappa shape index (κ3) is 4.66. The molecule has 0 unspecified atom stereocenters. The number of hydrogen-bond acceptors (Lipinski definition) is 2. The summed E-state index contributed by atoms with van der Waals surface area (Å²) in [6.45, 7) is 5.33. The van der Waals surface area contributed by atoms with E-state index in [1.165, 1.54) is 36.1 Å². The number of hydrogen-bond donors (Lipinski definition) is 1. The van der Waals surface area contributed by atoms with Gasteiger partial charge in [0.25, 0.3) is 0 Å². The number of anilines is 2. The van der Waals surface area contributed by atoms with Crippen molar-refractivity contribution in [3.05, 3.63) is 59.4 Å². The van der Waals surface area contributed by atoms with Crippen LogP contribution in [0.4, 0.5) is 15.8 Å². The molecule has 0 aromatic heterocycles. The molecule has 0 aliphatic rings. The summed E-state index contributed by atoms with van der Waals surface area (Å²) < 4.78 is 13.1. The Morgan fingerprint density at radius 3 is 2.04 bits per heavy atom. The Balaban J connectivity index is 2.20. The van der Waals surface area contributed by atoms with Crippen molar-refractivity contribution in [1.29, 1.82) is 0 Å². The van der Waals surface area contributed by atoms with Crippen molar-refractivity contribution in [1.82, 2.24) is 0 Å². The summed E-state index contributed by atoms with van der Waals surface area (Å²) in [5.74, 6) is -0.947. The number of nitrogens with zero attached hydrogens (tertiary/aromatic N) is 1. The molecule has 0 radical (unpaired) electrons. The van der Waals surface area contributed by atoms with Crippen molar-refractivity contribution in [2.75, 3.05) is 16.8 Å². The van der Waals surface area contributed by atoms with Gasteiger partial charge in [-0.05, 0) is 48.2 Å². The highest BCUT2D eigenvalue weighted by Gasteiger charge is 2.17. The summed E-state index contributed by atoms with van der Waals surface area (Å²) in [5, 5.41) is 2.94. The number of carbonyl (C=O) groups excluding carboxylic acids is 2. The summed E-state index contributed by atoms with van der Waals surface area (Å²) >= 11 is 0. The molecular weight excluding hydrogens is 319 g/mol. The van der Waals surface area contributed by atoms with E-state index in [9.17, 15) is 14.0 Å². The van der Waals surface area contributed by atoms with E-state index in [1.807, 2.05) is 32.0 Å². The van der Waals surface area contributed by atoms with E-state index in [-0.39, 0.29) is 24.2 Å². The average molecular weight is 342 g/mol. The van der Waals surface area contributed by atoms with E-state index in [0.29, 0.717) is 5.69 Å². The fourth-order valence-electron chi connectivity index (χ4n) is 2.73. The van der Waals surface area contributed by atoms with Crippen molar-refractivity contribution >= 4 is 23.2 Å². The monoisotopic (exact) mass is 342 g/mol. The number of rotatable bonds is 6. The molecule has 0 saturated carbocycles. The lowest BCUT2D eigenvalue weighted by molar-refractivity contribution is -0.120. The Bertz CT molecular complexity index is 735. The standard InChI is InChI=1S/C20H23FN2O2/c1-4-15-7-6-8-16(5-2)20(15)22-19(25)13-23(14(3)24)18-11-9-17(21)10-12-18/h6-12H,4-5,13H2,1-3H3,(H,22,25). The fraction of sp³-hybridized carbons (Fsp3) is 0.300. The lowest BCUT2D eigenvalue weighted by Crippen LogP contribution is -2.37. The molecule has 2 aromatic rings. The highest BCUT2D eigenvalue weighted by atomic mass is 19.1. The molecule has 132 valence electrons. The molecule has 2 rings (SSSR count). The first kappa shape index (κ1) is 18.6. The van der Waals surface area contributed by atoms with E-state index in [2.05, 4.69) is 5.32 Å². The first-order valence-corrected chi connectivity index (χ1v) is 8.40. The molecule has 5 heteroatoms. The molecule has 0 spiro atoms. The Labute approximate surface area is 147 Å². The van der Waals surface area contributed by atoms with Gasteiger partial charge in [-0.3, -0.25) is 9.59 Å². The van der Waals surface area contributed by atoms with Crippen LogP contribution in [0.5, 0.6) is 0 Å². The van der Waals surface area contributed by atoms with Crippen LogP contribution in [0, 0.1) is 5.82 Å². The largest absolute Gasteiger partial charge is 0.324 e. The van der Waals surface area contributed by atoms with Gasteiger partial charge in [0, 0.05) is 18.3 Å². The molecule has 25 heavy (non-hydrogen) atoms. The number of benzene rings is 2. The second kappa shape index (κ2) is 8.42. The van der Waals surface area contributed by atoms with Crippen LogP contribution in [0.15, 0.2) is 42.5 Å². The third-order valence-electron chi connectivity index (χ3n) is 4.08. The normalized spacial score (nSPS) is 10.4. The Morgan fingerprint density at radius 2 is 1.56 bits per heavy atom. The van der Waals surface area contributed by atoms with E-state index < -0.39 is 0 Å². The number of para-hydroxylation sites is 1. The zero-order chi connectivity index (χ0) is 18.4. The number of halogens is 1. The molecule has 0 fully saturated rings. The summed E-state index contributed by atoms with van der Waals surface area (Å²) in [7, 11) is 0. The highest BCUT2D eigenvalue weighted by molar-refractivity contribution is 6.02. The van der Waals surface area contributed by atoms with E-state index in [4.69, 9.17) is 0 Å². The molecule has 0 bridgehead atoms. The highest BCUT2D eigenvalue weighted by Crippen LogP contribution is 2.23. The molecular formula is C20H23FN2O2. The molecule has 0 aliphatic heterocycles. The second-order valence-electron chi connectivity index (χ2n) is 5.79. The van der Waals surface area contributed by atoms with Crippen LogP contribution < -0.4 is 10.2 Å². The number of amides is 2. The molecule has 0 saturated heterocycles. The van der Waals surface area contributed by atoms with Gasteiger partial charge in [-0.1, -0.05) is 32.0 Å². The first-order chi connectivity index (χ1) is 12.0. The van der Waals surface area contributed by atoms with Gasteiger partial charge in [-0.15, -0.1) is 0 Å². The van der Waals surface area contributed by atoms with Gasteiger partial charge in [0.15, 0.2) is 0 Å². The van der Waals surface area contributed by atoms with E-state index in [0.717, 1.165) is 29.7 Å². The summed E-state index contributed by atoms with van der Waals surface area (Å²) in [4.78, 5) is 25.8. The van der Waals surface area contributed by atoms with Crippen LogP contribution >= 0.6 is 0 Å². The fourth-order valence-corrected chi connectivity index (χ4v) is 2.73. The minimum Gasteiger partial charge on any atom is -0.324 e. The summed E-state index contributed by atoms with van der Waals surface area (Å²) in [5.41, 5.74) is 3.43. The van der Waals surface area contributed by atoms with E-state index >= 15 is 0 Å². The average Bonchev–Trinajstić information content (AvgIpc) is 2.60. The second-order valence-corrected chi connectivity index (χ2v) is 5.79. The molecule has 2 amide bonds. The van der Waals surface area contributed by atoms with Crippen molar-refractivity contribution in [3.63, 3.8) is 0 Å². The zero-order valence-corrected chi connectivity index (χ0v) is 14.8. The maximum Gasteiger partial charge on any atom is 0.244 e. The Hall–Kier alpha value is -2.69. The molecule has 2 aromatic carbocycles. The molecule has 0 atom stereocenters. The predicted molar refractivity (Wildman–Crippen MR) is 98.3 cm³/mol. The van der Waals surface area contributed by atoms with Gasteiger partial charge in [0.05, 0.1) is 0 Å². The van der Waals surface area contributed by atoms with Gasteiger partial charge in [-0.25, -0.2) is 4.39 Å². The van der Waals surface area contributed by atoms with Gasteiger partial charge in [0.1, 0.15) is 12.4 Å². The van der Waals surface area contributed by atoms with Crippen molar-refractivity contribution in [3.8, 4) is 0 Å². The maximum absolute atomic E-state index is 13.1. The Morgan fingerprint density at radius 1 is 1.00 bits per heavy atom. The number of aryl methyl sites for hydroxylation is 2. The van der Waals surface area contributed by atoms with Crippen LogP contribution in [0.3, 0.4) is 0 Å². The molecule has 4 nitrogen and oxygen atoms in total. The minimum absolute atomic E-state index is 0.123. The smallest absolute Gasteiger partial charge is 0.244 e. The quantitative estimate of drug-likeness (QED) is 0.864. The van der Waals surface area contributed by atoms with Gasteiger partial charge in [-0.2, -0.15) is 0 Å².